The van der Waals surface area contributed by atoms with Crippen molar-refractivity contribution in [2.75, 3.05) is 47.1 Å². The molecule has 0 aromatic heterocycles. The van der Waals surface area contributed by atoms with Crippen LogP contribution in [0.25, 0.3) is 0 Å². The number of carbonyl (C=O) groups is 1. The lowest BCUT2D eigenvalue weighted by Crippen LogP contribution is -2.64. The van der Waals surface area contributed by atoms with Gasteiger partial charge in [-0.2, -0.15) is 0 Å². The fourth-order valence-corrected chi connectivity index (χ4v) is 4.80. The fraction of sp³-hybridized carbons (Fsp3) is 0.667. The van der Waals surface area contributed by atoms with E-state index in [2.05, 4.69) is 4.90 Å². The Bertz CT molecular complexity index is 723. The van der Waals surface area contributed by atoms with Crippen LogP contribution in [0.15, 0.2) is 12.1 Å². The van der Waals surface area contributed by atoms with Gasteiger partial charge in [-0.3, -0.25) is 9.69 Å². The zero-order valence-corrected chi connectivity index (χ0v) is 16.7. The number of rotatable bonds is 5. The van der Waals surface area contributed by atoms with Crippen LogP contribution in [-0.4, -0.2) is 68.8 Å². The lowest BCUT2D eigenvalue weighted by molar-refractivity contribution is -0.145. The summed E-state index contributed by atoms with van der Waals surface area (Å²) < 4.78 is 30.3. The molecular weight excluding hydrogens is 363 g/mol. The van der Waals surface area contributed by atoms with Crippen LogP contribution in [0.4, 0.5) is 4.39 Å². The molecule has 3 saturated heterocycles. The zero-order chi connectivity index (χ0) is 19.7. The summed E-state index contributed by atoms with van der Waals surface area (Å²) in [6.45, 7) is 4.47. The van der Waals surface area contributed by atoms with Gasteiger partial charge in [-0.25, -0.2) is 4.39 Å². The second-order valence-electron chi connectivity index (χ2n) is 8.02. The largest absolute Gasteiger partial charge is 0.493 e. The van der Waals surface area contributed by atoms with E-state index in [4.69, 9.17) is 14.2 Å². The molecule has 3 aliphatic heterocycles. The maximum atomic E-state index is 14.4. The second kappa shape index (κ2) is 8.25. The van der Waals surface area contributed by atoms with Crippen LogP contribution in [0.2, 0.25) is 0 Å². The Morgan fingerprint density at radius 1 is 1.14 bits per heavy atom. The molecule has 1 amide bonds. The molecule has 1 aromatic carbocycles. The first-order valence-corrected chi connectivity index (χ1v) is 10.1. The van der Waals surface area contributed by atoms with Crippen LogP contribution < -0.4 is 9.47 Å². The van der Waals surface area contributed by atoms with Gasteiger partial charge in [0.25, 0.3) is 0 Å². The van der Waals surface area contributed by atoms with Crippen molar-refractivity contribution in [3.63, 3.8) is 0 Å². The number of amides is 1. The maximum absolute atomic E-state index is 14.4. The molecule has 0 unspecified atom stereocenters. The Labute approximate surface area is 165 Å². The van der Waals surface area contributed by atoms with Gasteiger partial charge in [-0.1, -0.05) is 0 Å². The van der Waals surface area contributed by atoms with Gasteiger partial charge in [0, 0.05) is 68.9 Å². The Morgan fingerprint density at radius 2 is 1.86 bits per heavy atom. The summed E-state index contributed by atoms with van der Waals surface area (Å²) in [4.78, 5) is 17.1. The molecule has 154 valence electrons. The molecule has 3 heterocycles. The molecule has 0 saturated carbocycles. The highest BCUT2D eigenvalue weighted by Gasteiger charge is 2.44. The van der Waals surface area contributed by atoms with Gasteiger partial charge in [-0.15, -0.1) is 0 Å². The number of benzene rings is 1. The van der Waals surface area contributed by atoms with Crippen LogP contribution in [0.5, 0.6) is 11.5 Å². The smallest absolute Gasteiger partial charge is 0.225 e. The number of nitrogens with zero attached hydrogens (tertiary/aromatic N) is 2. The predicted octanol–water partition coefficient (Wildman–Crippen LogP) is 2.30. The standard InChI is InChI=1S/C21H29FN2O4/c1-26-19-9-15(17(22)10-20(19)27-2)11-24-13-16-12-23(6-3-18(16)24)21(25)14-4-7-28-8-5-14/h9-10,14,16,18H,3-8,11-13H2,1-2H3/t16-,18-/m0/s1. The number of ether oxygens (including phenoxy) is 3. The third-order valence-corrected chi connectivity index (χ3v) is 6.44. The Balaban J connectivity index is 1.34. The highest BCUT2D eigenvalue weighted by molar-refractivity contribution is 5.79. The molecule has 0 aliphatic carbocycles. The minimum Gasteiger partial charge on any atom is -0.493 e. The lowest BCUT2D eigenvalue weighted by Gasteiger charge is -2.54. The molecular formula is C21H29FN2O4. The van der Waals surface area contributed by atoms with Gasteiger partial charge in [0.05, 0.1) is 14.2 Å². The van der Waals surface area contributed by atoms with Crippen molar-refractivity contribution in [1.29, 1.82) is 0 Å². The molecule has 4 rings (SSSR count). The summed E-state index contributed by atoms with van der Waals surface area (Å²) >= 11 is 0. The number of likely N-dealkylation sites (tertiary alicyclic amines) is 2. The molecule has 3 aliphatic rings. The summed E-state index contributed by atoms with van der Waals surface area (Å²) in [5.74, 6) is 1.60. The van der Waals surface area contributed by atoms with Crippen LogP contribution in [0.1, 0.15) is 24.8 Å². The van der Waals surface area contributed by atoms with Crippen LogP contribution in [0, 0.1) is 17.7 Å². The van der Waals surface area contributed by atoms with Crippen LogP contribution >= 0.6 is 0 Å². The molecule has 0 bridgehead atoms. The topological polar surface area (TPSA) is 51.2 Å². The minimum atomic E-state index is -0.270. The first-order chi connectivity index (χ1) is 13.6. The highest BCUT2D eigenvalue weighted by atomic mass is 19.1. The molecule has 28 heavy (non-hydrogen) atoms. The van der Waals surface area contributed by atoms with E-state index >= 15 is 0 Å². The van der Waals surface area contributed by atoms with Crippen molar-refractivity contribution >= 4 is 5.91 Å². The van der Waals surface area contributed by atoms with Crippen LogP contribution in [0.3, 0.4) is 0 Å². The van der Waals surface area contributed by atoms with E-state index in [1.165, 1.54) is 13.2 Å². The maximum Gasteiger partial charge on any atom is 0.225 e. The number of piperidine rings is 1. The Morgan fingerprint density at radius 3 is 2.54 bits per heavy atom. The summed E-state index contributed by atoms with van der Waals surface area (Å²) in [7, 11) is 3.07. The van der Waals surface area contributed by atoms with Crippen molar-refractivity contribution in [3.8, 4) is 11.5 Å². The molecule has 2 atom stereocenters. The molecule has 3 fully saturated rings. The van der Waals surface area contributed by atoms with E-state index < -0.39 is 0 Å². The van der Waals surface area contributed by atoms with Gasteiger partial charge in [0.15, 0.2) is 11.5 Å². The summed E-state index contributed by atoms with van der Waals surface area (Å²) in [5.41, 5.74) is 0.622. The van der Waals surface area contributed by atoms with E-state index in [-0.39, 0.29) is 11.7 Å². The Kier molecular flexibility index (Phi) is 5.73. The van der Waals surface area contributed by atoms with E-state index in [0.29, 0.717) is 54.7 Å². The minimum absolute atomic E-state index is 0.127. The first kappa shape index (κ1) is 19.5. The van der Waals surface area contributed by atoms with Gasteiger partial charge in [0.1, 0.15) is 5.82 Å². The van der Waals surface area contributed by atoms with E-state index in [1.54, 1.807) is 13.2 Å². The normalized spacial score (nSPS) is 25.8. The van der Waals surface area contributed by atoms with Crippen LogP contribution in [-0.2, 0) is 16.1 Å². The van der Waals surface area contributed by atoms with E-state index in [9.17, 15) is 9.18 Å². The summed E-state index contributed by atoms with van der Waals surface area (Å²) in [5, 5.41) is 0. The second-order valence-corrected chi connectivity index (χ2v) is 8.02. The quantitative estimate of drug-likeness (QED) is 0.770. The van der Waals surface area contributed by atoms with Crippen molar-refractivity contribution in [3.05, 3.63) is 23.5 Å². The van der Waals surface area contributed by atoms with Gasteiger partial charge >= 0.3 is 0 Å². The molecule has 6 nitrogen and oxygen atoms in total. The monoisotopic (exact) mass is 392 g/mol. The van der Waals surface area contributed by atoms with Crippen molar-refractivity contribution in [1.82, 2.24) is 9.80 Å². The predicted molar refractivity (Wildman–Crippen MR) is 102 cm³/mol. The summed E-state index contributed by atoms with van der Waals surface area (Å²) in [6.07, 6.45) is 2.64. The number of methoxy groups -OCH3 is 2. The van der Waals surface area contributed by atoms with Gasteiger partial charge in [-0.05, 0) is 25.3 Å². The third-order valence-electron chi connectivity index (χ3n) is 6.44. The molecule has 1 aromatic rings. The number of fused-ring (bicyclic) bond motifs is 1. The van der Waals surface area contributed by atoms with Gasteiger partial charge < -0.3 is 19.1 Å². The highest BCUT2D eigenvalue weighted by Crippen LogP contribution is 2.37. The van der Waals surface area contributed by atoms with E-state index in [0.717, 1.165) is 38.9 Å². The average Bonchev–Trinajstić information content (AvgIpc) is 2.72. The number of carbonyl (C=O) groups excluding carboxylic acids is 1. The SMILES string of the molecule is COc1cc(F)c(CN2C[C@@H]3CN(C(=O)C4CCOCC4)CC[C@@H]32)cc1OC. The number of hydrogen-bond donors (Lipinski definition) is 0. The van der Waals surface area contributed by atoms with E-state index in [1.807, 2.05) is 4.90 Å². The molecule has 0 radical (unpaired) electrons. The third kappa shape index (κ3) is 3.70. The number of halogens is 1. The Hall–Kier alpha value is -1.86. The van der Waals surface area contributed by atoms with Gasteiger partial charge in [0.2, 0.25) is 5.91 Å². The zero-order valence-electron chi connectivity index (χ0n) is 16.7. The lowest BCUT2D eigenvalue weighted by atomic mass is 9.81. The molecule has 0 spiro atoms. The van der Waals surface area contributed by atoms with Crippen molar-refractivity contribution < 1.29 is 23.4 Å². The molecule has 7 heteroatoms. The van der Waals surface area contributed by atoms with Crippen molar-refractivity contribution in [2.45, 2.75) is 31.8 Å². The fourth-order valence-electron chi connectivity index (χ4n) is 4.80. The number of hydrogen-bond acceptors (Lipinski definition) is 5. The molecule has 0 N–H and O–H groups in total. The van der Waals surface area contributed by atoms with Crippen molar-refractivity contribution in [2.24, 2.45) is 11.8 Å². The first-order valence-electron chi connectivity index (χ1n) is 10.1. The summed E-state index contributed by atoms with van der Waals surface area (Å²) in [6, 6.07) is 3.54. The average molecular weight is 392 g/mol.